The number of halogens is 4. The summed E-state index contributed by atoms with van der Waals surface area (Å²) in [5.41, 5.74) is -0.367. The lowest BCUT2D eigenvalue weighted by Crippen LogP contribution is -2.23. The fourth-order valence-corrected chi connectivity index (χ4v) is 3.50. The van der Waals surface area contributed by atoms with E-state index >= 15 is 0 Å². The van der Waals surface area contributed by atoms with Crippen LogP contribution in [0.2, 0.25) is 0 Å². The van der Waals surface area contributed by atoms with Gasteiger partial charge in [-0.2, -0.15) is 0 Å². The van der Waals surface area contributed by atoms with Crippen molar-refractivity contribution in [2.75, 3.05) is 6.61 Å². The van der Waals surface area contributed by atoms with Crippen LogP contribution in [-0.4, -0.2) is 18.7 Å². The van der Waals surface area contributed by atoms with Gasteiger partial charge in [0.15, 0.2) is 11.6 Å². The van der Waals surface area contributed by atoms with Gasteiger partial charge in [-0.3, -0.25) is 4.79 Å². The molecule has 1 aliphatic heterocycles. The van der Waals surface area contributed by atoms with Gasteiger partial charge in [0.05, 0.1) is 19.1 Å². The lowest BCUT2D eigenvalue weighted by atomic mass is 9.98. The molecule has 0 N–H and O–H groups in total. The van der Waals surface area contributed by atoms with Crippen molar-refractivity contribution < 1.29 is 36.6 Å². The van der Waals surface area contributed by atoms with Crippen molar-refractivity contribution in [3.63, 3.8) is 0 Å². The SMILES string of the molecule is CCOc1ccc(CCC(=O)Oc2cc3c(c(F)c2C(F)F)OC(CC)CC3)c(F)c1. The molecule has 0 aromatic heterocycles. The fraction of sp³-hybridized carbons (Fsp3) is 0.435. The maximum atomic E-state index is 14.8. The summed E-state index contributed by atoms with van der Waals surface area (Å²) in [4.78, 5) is 12.3. The molecule has 0 amide bonds. The predicted octanol–water partition coefficient (Wildman–Crippen LogP) is 5.94. The molecular formula is C23H24F4O4. The quantitative estimate of drug-likeness (QED) is 0.289. The highest BCUT2D eigenvalue weighted by Crippen LogP contribution is 2.42. The van der Waals surface area contributed by atoms with E-state index in [1.54, 1.807) is 13.0 Å². The highest BCUT2D eigenvalue weighted by molar-refractivity contribution is 5.73. The minimum Gasteiger partial charge on any atom is -0.494 e. The van der Waals surface area contributed by atoms with Crippen LogP contribution in [0.4, 0.5) is 17.6 Å². The molecule has 1 unspecified atom stereocenters. The maximum Gasteiger partial charge on any atom is 0.311 e. The molecule has 0 radical (unpaired) electrons. The van der Waals surface area contributed by atoms with Crippen LogP contribution in [0, 0.1) is 11.6 Å². The van der Waals surface area contributed by atoms with Crippen LogP contribution in [0.1, 0.15) is 56.2 Å². The summed E-state index contributed by atoms with van der Waals surface area (Å²) < 4.78 is 71.8. The number of hydrogen-bond donors (Lipinski definition) is 0. The molecule has 1 atom stereocenters. The first-order chi connectivity index (χ1) is 14.8. The lowest BCUT2D eigenvalue weighted by Gasteiger charge is -2.27. The monoisotopic (exact) mass is 440 g/mol. The predicted molar refractivity (Wildman–Crippen MR) is 106 cm³/mol. The molecule has 2 aromatic carbocycles. The summed E-state index contributed by atoms with van der Waals surface area (Å²) in [6, 6.07) is 5.51. The van der Waals surface area contributed by atoms with Gasteiger partial charge >= 0.3 is 5.97 Å². The van der Waals surface area contributed by atoms with E-state index in [0.29, 0.717) is 37.2 Å². The third kappa shape index (κ3) is 5.29. The summed E-state index contributed by atoms with van der Waals surface area (Å²) in [5.74, 6) is -2.98. The molecule has 0 bridgehead atoms. The number of hydrogen-bond acceptors (Lipinski definition) is 4. The average molecular weight is 440 g/mol. The Morgan fingerprint density at radius 2 is 2.00 bits per heavy atom. The Hall–Kier alpha value is -2.77. The van der Waals surface area contributed by atoms with Gasteiger partial charge in [-0.1, -0.05) is 13.0 Å². The van der Waals surface area contributed by atoms with Crippen LogP contribution in [0.25, 0.3) is 0 Å². The Kier molecular flexibility index (Phi) is 7.41. The molecule has 2 aromatic rings. The zero-order valence-corrected chi connectivity index (χ0v) is 17.4. The fourth-order valence-electron chi connectivity index (χ4n) is 3.50. The van der Waals surface area contributed by atoms with Crippen molar-refractivity contribution in [1.82, 2.24) is 0 Å². The van der Waals surface area contributed by atoms with Crippen LogP contribution < -0.4 is 14.2 Å². The molecule has 8 heteroatoms. The molecule has 0 spiro atoms. The Morgan fingerprint density at radius 1 is 1.23 bits per heavy atom. The van der Waals surface area contributed by atoms with E-state index in [-0.39, 0.29) is 30.3 Å². The summed E-state index contributed by atoms with van der Waals surface area (Å²) >= 11 is 0. The summed E-state index contributed by atoms with van der Waals surface area (Å²) in [6.07, 6.45) is -2.04. The molecule has 0 saturated carbocycles. The van der Waals surface area contributed by atoms with Crippen LogP contribution in [-0.2, 0) is 17.6 Å². The zero-order valence-electron chi connectivity index (χ0n) is 17.4. The van der Waals surface area contributed by atoms with E-state index in [1.165, 1.54) is 18.2 Å². The summed E-state index contributed by atoms with van der Waals surface area (Å²) in [5, 5.41) is 0. The Morgan fingerprint density at radius 3 is 2.65 bits per heavy atom. The minimum atomic E-state index is -3.19. The van der Waals surface area contributed by atoms with Crippen molar-refractivity contribution in [3.8, 4) is 17.2 Å². The Balaban J connectivity index is 1.74. The van der Waals surface area contributed by atoms with Gasteiger partial charge in [0.1, 0.15) is 22.9 Å². The number of carbonyl (C=O) groups excluding carboxylic acids is 1. The second-order valence-electron chi connectivity index (χ2n) is 7.24. The summed E-state index contributed by atoms with van der Waals surface area (Å²) in [6.45, 7) is 4.03. The van der Waals surface area contributed by atoms with E-state index in [1.807, 2.05) is 6.92 Å². The van der Waals surface area contributed by atoms with Gasteiger partial charge in [0.2, 0.25) is 0 Å². The van der Waals surface area contributed by atoms with E-state index in [9.17, 15) is 22.4 Å². The topological polar surface area (TPSA) is 44.8 Å². The number of alkyl halides is 2. The van der Waals surface area contributed by atoms with Crippen molar-refractivity contribution in [3.05, 3.63) is 52.6 Å². The molecule has 0 fully saturated rings. The highest BCUT2D eigenvalue weighted by atomic mass is 19.3. The third-order valence-corrected chi connectivity index (χ3v) is 5.15. The Labute approximate surface area is 178 Å². The number of benzene rings is 2. The van der Waals surface area contributed by atoms with E-state index in [4.69, 9.17) is 14.2 Å². The second-order valence-corrected chi connectivity index (χ2v) is 7.24. The molecule has 1 aliphatic rings. The first-order valence-corrected chi connectivity index (χ1v) is 10.3. The summed E-state index contributed by atoms with van der Waals surface area (Å²) in [7, 11) is 0. The standard InChI is InChI=1S/C23H24F4O4/c1-3-15-8-6-14-11-18(20(23(26)27)21(25)22(14)30-15)31-19(28)10-7-13-5-9-16(29-4-2)12-17(13)24/h5,9,11-12,15,23H,3-4,6-8,10H2,1-2H3. The molecule has 4 nitrogen and oxygen atoms in total. The number of esters is 1. The van der Waals surface area contributed by atoms with Crippen molar-refractivity contribution in [1.29, 1.82) is 0 Å². The van der Waals surface area contributed by atoms with Gasteiger partial charge in [0, 0.05) is 11.6 Å². The highest BCUT2D eigenvalue weighted by Gasteiger charge is 2.31. The largest absolute Gasteiger partial charge is 0.494 e. The molecule has 0 saturated heterocycles. The normalized spacial score (nSPS) is 15.4. The zero-order chi connectivity index (χ0) is 22.5. The van der Waals surface area contributed by atoms with Gasteiger partial charge in [-0.25, -0.2) is 17.6 Å². The van der Waals surface area contributed by atoms with Gasteiger partial charge < -0.3 is 14.2 Å². The molecule has 31 heavy (non-hydrogen) atoms. The van der Waals surface area contributed by atoms with Crippen LogP contribution >= 0.6 is 0 Å². The molecule has 168 valence electrons. The van der Waals surface area contributed by atoms with Crippen molar-refractivity contribution in [2.24, 2.45) is 0 Å². The second kappa shape index (κ2) is 10.0. The van der Waals surface area contributed by atoms with Crippen LogP contribution in [0.5, 0.6) is 17.2 Å². The van der Waals surface area contributed by atoms with Gasteiger partial charge in [-0.15, -0.1) is 0 Å². The molecule has 1 heterocycles. The van der Waals surface area contributed by atoms with Crippen molar-refractivity contribution in [2.45, 2.75) is 58.5 Å². The number of fused-ring (bicyclic) bond motifs is 1. The van der Waals surface area contributed by atoms with E-state index in [0.717, 1.165) is 0 Å². The van der Waals surface area contributed by atoms with Gasteiger partial charge in [-0.05, 0) is 50.3 Å². The van der Waals surface area contributed by atoms with E-state index in [2.05, 4.69) is 0 Å². The van der Waals surface area contributed by atoms with Crippen LogP contribution in [0.3, 0.4) is 0 Å². The number of rotatable bonds is 8. The number of aryl methyl sites for hydroxylation is 2. The first-order valence-electron chi connectivity index (χ1n) is 10.3. The number of ether oxygens (including phenoxy) is 3. The Bertz CT molecular complexity index is 946. The molecule has 0 aliphatic carbocycles. The lowest BCUT2D eigenvalue weighted by molar-refractivity contribution is -0.134. The van der Waals surface area contributed by atoms with Crippen molar-refractivity contribution >= 4 is 5.97 Å². The maximum absolute atomic E-state index is 14.8. The third-order valence-electron chi connectivity index (χ3n) is 5.15. The first kappa shape index (κ1) is 22.9. The average Bonchev–Trinajstić information content (AvgIpc) is 2.73. The molecule has 3 rings (SSSR count). The number of carbonyl (C=O) groups is 1. The smallest absolute Gasteiger partial charge is 0.311 e. The van der Waals surface area contributed by atoms with Crippen LogP contribution in [0.15, 0.2) is 24.3 Å². The molecular weight excluding hydrogens is 416 g/mol. The van der Waals surface area contributed by atoms with E-state index < -0.39 is 35.3 Å². The minimum absolute atomic E-state index is 0.00417. The van der Waals surface area contributed by atoms with Gasteiger partial charge in [0.25, 0.3) is 6.43 Å².